The molecule has 0 bridgehead atoms. The second-order valence-corrected chi connectivity index (χ2v) is 5.73. The van der Waals surface area contributed by atoms with Gasteiger partial charge in [0.1, 0.15) is 5.69 Å². The monoisotopic (exact) mass is 259 g/mol. The Balaban J connectivity index is 1.79. The Morgan fingerprint density at radius 3 is 2.79 bits per heavy atom. The molecule has 1 saturated heterocycles. The van der Waals surface area contributed by atoms with Crippen LogP contribution < -0.4 is 5.73 Å². The average Bonchev–Trinajstić information content (AvgIpc) is 2.47. The van der Waals surface area contributed by atoms with Gasteiger partial charge >= 0.3 is 0 Å². The number of hydrogen-bond donors (Lipinski definition) is 1. The van der Waals surface area contributed by atoms with Crippen LogP contribution in [0.1, 0.15) is 49.0 Å². The first-order valence-electron chi connectivity index (χ1n) is 7.28. The topological polar surface area (TPSA) is 59.2 Å². The molecule has 1 aromatic rings. The quantitative estimate of drug-likeness (QED) is 0.842. The van der Waals surface area contributed by atoms with Crippen LogP contribution in [0.15, 0.2) is 18.3 Å². The predicted molar refractivity (Wildman–Crippen MR) is 74.7 cm³/mol. The van der Waals surface area contributed by atoms with Crippen LogP contribution in [0.25, 0.3) is 0 Å². The Hall–Kier alpha value is -1.58. The Bertz CT molecular complexity index is 455. The lowest BCUT2D eigenvalue weighted by Crippen LogP contribution is -2.49. The highest BCUT2D eigenvalue weighted by Gasteiger charge is 2.36. The molecule has 0 spiro atoms. The summed E-state index contributed by atoms with van der Waals surface area (Å²) in [6, 6.07) is 3.93. The maximum Gasteiger partial charge on any atom is 0.272 e. The third kappa shape index (κ3) is 2.44. The minimum atomic E-state index is 0.0802. The summed E-state index contributed by atoms with van der Waals surface area (Å²) in [5.41, 5.74) is 6.75. The van der Waals surface area contributed by atoms with Crippen LogP contribution in [-0.4, -0.2) is 28.4 Å². The first kappa shape index (κ1) is 12.5. The number of anilines is 1. The van der Waals surface area contributed by atoms with Crippen LogP contribution in [0.5, 0.6) is 0 Å². The number of rotatable bonds is 1. The van der Waals surface area contributed by atoms with Crippen molar-refractivity contribution in [2.24, 2.45) is 5.92 Å². The van der Waals surface area contributed by atoms with Gasteiger partial charge in [-0.2, -0.15) is 0 Å². The van der Waals surface area contributed by atoms with E-state index in [9.17, 15) is 4.79 Å². The molecule has 2 fully saturated rings. The van der Waals surface area contributed by atoms with E-state index in [-0.39, 0.29) is 5.91 Å². The summed E-state index contributed by atoms with van der Waals surface area (Å²) >= 11 is 0. The number of nitrogens with two attached hydrogens (primary N) is 1. The molecule has 1 saturated carbocycles. The highest BCUT2D eigenvalue weighted by molar-refractivity contribution is 5.92. The van der Waals surface area contributed by atoms with Gasteiger partial charge in [-0.25, -0.2) is 4.98 Å². The van der Waals surface area contributed by atoms with Crippen LogP contribution in [0.2, 0.25) is 0 Å². The van der Waals surface area contributed by atoms with Crippen molar-refractivity contribution in [2.75, 3.05) is 12.3 Å². The van der Waals surface area contributed by atoms with Gasteiger partial charge in [-0.1, -0.05) is 12.8 Å². The third-order valence-corrected chi connectivity index (χ3v) is 4.51. The summed E-state index contributed by atoms with van der Waals surface area (Å²) in [7, 11) is 0. The molecule has 1 aliphatic carbocycles. The number of amides is 1. The fourth-order valence-corrected chi connectivity index (χ4v) is 3.56. The zero-order chi connectivity index (χ0) is 13.2. The summed E-state index contributed by atoms with van der Waals surface area (Å²) in [4.78, 5) is 18.8. The van der Waals surface area contributed by atoms with Gasteiger partial charge in [-0.3, -0.25) is 4.79 Å². The molecule has 0 unspecified atom stereocenters. The van der Waals surface area contributed by atoms with Gasteiger partial charge in [0.2, 0.25) is 0 Å². The average molecular weight is 259 g/mol. The summed E-state index contributed by atoms with van der Waals surface area (Å²) in [6.07, 6.45) is 8.99. The molecule has 102 valence electrons. The molecule has 4 heteroatoms. The Labute approximate surface area is 114 Å². The maximum absolute atomic E-state index is 12.6. The molecule has 2 heterocycles. The predicted octanol–water partition coefficient (Wildman–Crippen LogP) is 2.46. The minimum Gasteiger partial charge on any atom is -0.397 e. The Morgan fingerprint density at radius 2 is 2.00 bits per heavy atom. The van der Waals surface area contributed by atoms with E-state index < -0.39 is 0 Å². The summed E-state index contributed by atoms with van der Waals surface area (Å²) in [5.74, 6) is 0.789. The van der Waals surface area contributed by atoms with Crippen LogP contribution in [0, 0.1) is 5.92 Å². The normalized spacial score (nSPS) is 26.8. The SMILES string of the molecule is Nc1ccc(C(=O)N2CCC[C@H]3CCCC[C@H]32)nc1. The fourth-order valence-electron chi connectivity index (χ4n) is 3.56. The van der Waals surface area contributed by atoms with Crippen molar-refractivity contribution >= 4 is 11.6 Å². The molecule has 0 aromatic carbocycles. The molecule has 2 N–H and O–H groups in total. The van der Waals surface area contributed by atoms with Gasteiger partial charge in [0, 0.05) is 12.6 Å². The molecule has 19 heavy (non-hydrogen) atoms. The van der Waals surface area contributed by atoms with Crippen LogP contribution in [0.4, 0.5) is 5.69 Å². The van der Waals surface area contributed by atoms with E-state index in [0.29, 0.717) is 23.3 Å². The molecule has 3 rings (SSSR count). The standard InChI is InChI=1S/C15H21N3O/c16-12-7-8-13(17-10-12)15(19)18-9-3-5-11-4-1-2-6-14(11)18/h7-8,10-11,14H,1-6,9,16H2/t11-,14-/m1/s1. The number of pyridine rings is 1. The zero-order valence-corrected chi connectivity index (χ0v) is 11.2. The highest BCUT2D eigenvalue weighted by atomic mass is 16.2. The maximum atomic E-state index is 12.6. The minimum absolute atomic E-state index is 0.0802. The number of likely N-dealkylation sites (tertiary alicyclic amines) is 1. The van der Waals surface area contributed by atoms with E-state index in [1.807, 2.05) is 0 Å². The molecular formula is C15H21N3O. The largest absolute Gasteiger partial charge is 0.397 e. The molecule has 2 atom stereocenters. The number of carbonyl (C=O) groups excluding carboxylic acids is 1. The number of nitrogens with zero attached hydrogens (tertiary/aromatic N) is 2. The molecule has 4 nitrogen and oxygen atoms in total. The molecular weight excluding hydrogens is 238 g/mol. The van der Waals surface area contributed by atoms with Crippen molar-refractivity contribution in [3.05, 3.63) is 24.0 Å². The first-order chi connectivity index (χ1) is 9.25. The second-order valence-electron chi connectivity index (χ2n) is 5.73. The van der Waals surface area contributed by atoms with Crippen molar-refractivity contribution < 1.29 is 4.79 Å². The number of nitrogen functional groups attached to an aromatic ring is 1. The number of piperidine rings is 1. The second kappa shape index (κ2) is 5.19. The van der Waals surface area contributed by atoms with Gasteiger partial charge in [0.05, 0.1) is 11.9 Å². The van der Waals surface area contributed by atoms with Crippen molar-refractivity contribution in [1.29, 1.82) is 0 Å². The van der Waals surface area contributed by atoms with E-state index in [1.165, 1.54) is 25.7 Å². The van der Waals surface area contributed by atoms with Crippen LogP contribution in [-0.2, 0) is 0 Å². The lowest BCUT2D eigenvalue weighted by atomic mass is 9.78. The van der Waals surface area contributed by atoms with Gasteiger partial charge in [-0.15, -0.1) is 0 Å². The summed E-state index contributed by atoms with van der Waals surface area (Å²) in [6.45, 7) is 0.881. The summed E-state index contributed by atoms with van der Waals surface area (Å²) in [5, 5.41) is 0. The molecule has 2 aliphatic rings. The Morgan fingerprint density at radius 1 is 1.21 bits per heavy atom. The van der Waals surface area contributed by atoms with Gasteiger partial charge in [0.25, 0.3) is 5.91 Å². The van der Waals surface area contributed by atoms with E-state index in [4.69, 9.17) is 5.73 Å². The number of carbonyl (C=O) groups is 1. The van der Waals surface area contributed by atoms with Crippen LogP contribution in [0.3, 0.4) is 0 Å². The van der Waals surface area contributed by atoms with E-state index >= 15 is 0 Å². The van der Waals surface area contributed by atoms with Gasteiger partial charge in [0.15, 0.2) is 0 Å². The van der Waals surface area contributed by atoms with E-state index in [2.05, 4.69) is 9.88 Å². The van der Waals surface area contributed by atoms with E-state index in [0.717, 1.165) is 19.4 Å². The Kier molecular flexibility index (Phi) is 3.40. The van der Waals surface area contributed by atoms with Crippen molar-refractivity contribution in [3.63, 3.8) is 0 Å². The highest BCUT2D eigenvalue weighted by Crippen LogP contribution is 2.35. The number of hydrogen-bond acceptors (Lipinski definition) is 3. The van der Waals surface area contributed by atoms with Crippen molar-refractivity contribution in [1.82, 2.24) is 9.88 Å². The summed E-state index contributed by atoms with van der Waals surface area (Å²) < 4.78 is 0. The third-order valence-electron chi connectivity index (χ3n) is 4.51. The first-order valence-corrected chi connectivity index (χ1v) is 7.28. The van der Waals surface area contributed by atoms with Crippen molar-refractivity contribution in [2.45, 2.75) is 44.6 Å². The molecule has 0 radical (unpaired) electrons. The molecule has 1 amide bonds. The van der Waals surface area contributed by atoms with E-state index in [1.54, 1.807) is 18.3 Å². The fraction of sp³-hybridized carbons (Fsp3) is 0.600. The van der Waals surface area contributed by atoms with Gasteiger partial charge < -0.3 is 10.6 Å². The number of fused-ring (bicyclic) bond motifs is 1. The van der Waals surface area contributed by atoms with Gasteiger partial charge in [-0.05, 0) is 43.7 Å². The molecule has 1 aliphatic heterocycles. The number of aromatic nitrogens is 1. The smallest absolute Gasteiger partial charge is 0.272 e. The zero-order valence-electron chi connectivity index (χ0n) is 11.2. The van der Waals surface area contributed by atoms with Crippen LogP contribution >= 0.6 is 0 Å². The lowest BCUT2D eigenvalue weighted by Gasteiger charge is -2.44. The van der Waals surface area contributed by atoms with Crippen molar-refractivity contribution in [3.8, 4) is 0 Å². The lowest BCUT2D eigenvalue weighted by molar-refractivity contribution is 0.0385. The molecule has 1 aromatic heterocycles.